The van der Waals surface area contributed by atoms with E-state index in [9.17, 15) is 14.9 Å². The molecule has 1 amide bonds. The van der Waals surface area contributed by atoms with Crippen molar-refractivity contribution in [3.63, 3.8) is 0 Å². The molecule has 2 N–H and O–H groups in total. The molecule has 1 saturated carbocycles. The number of amides is 1. The molecular weight excluding hydrogens is 330 g/mol. The first kappa shape index (κ1) is 16.3. The van der Waals surface area contributed by atoms with E-state index < -0.39 is 4.92 Å². The van der Waals surface area contributed by atoms with E-state index >= 15 is 0 Å². The Hall–Kier alpha value is -3.15. The standard InChI is InChI=1S/C20H19N3O3/c24-19(17-12-21-18-8-7-15(23(25)26)11-16(17)18)22-13-20(9-4-10-20)14-5-2-1-3-6-14/h1-3,5-8,11-12,21H,4,9-10,13H2,(H,22,24). The first-order chi connectivity index (χ1) is 12.6. The Morgan fingerprint density at radius 1 is 1.19 bits per heavy atom. The van der Waals surface area contributed by atoms with Crippen molar-refractivity contribution in [3.05, 3.63) is 76.0 Å². The summed E-state index contributed by atoms with van der Waals surface area (Å²) in [5.41, 5.74) is 2.37. The highest BCUT2D eigenvalue weighted by Gasteiger charge is 2.38. The topological polar surface area (TPSA) is 88.0 Å². The predicted molar refractivity (Wildman–Crippen MR) is 99.3 cm³/mol. The van der Waals surface area contributed by atoms with E-state index in [0.29, 0.717) is 23.0 Å². The van der Waals surface area contributed by atoms with Crippen molar-refractivity contribution in [2.45, 2.75) is 24.7 Å². The SMILES string of the molecule is O=C(NCC1(c2ccccc2)CCC1)c1c[nH]c2ccc([N+](=O)[O-])cc12. The summed E-state index contributed by atoms with van der Waals surface area (Å²) in [6, 6.07) is 14.8. The van der Waals surface area contributed by atoms with Gasteiger partial charge in [0.15, 0.2) is 0 Å². The fourth-order valence-electron chi connectivity index (χ4n) is 3.72. The molecule has 0 aliphatic heterocycles. The van der Waals surface area contributed by atoms with Crippen LogP contribution in [0.5, 0.6) is 0 Å². The number of carbonyl (C=O) groups is 1. The summed E-state index contributed by atoms with van der Waals surface area (Å²) in [5.74, 6) is -0.209. The van der Waals surface area contributed by atoms with Crippen LogP contribution in [0.15, 0.2) is 54.7 Å². The maximum atomic E-state index is 12.7. The zero-order chi connectivity index (χ0) is 18.1. The third-order valence-electron chi connectivity index (χ3n) is 5.40. The Bertz CT molecular complexity index is 974. The Balaban J connectivity index is 1.56. The van der Waals surface area contributed by atoms with Crippen molar-refractivity contribution in [1.82, 2.24) is 10.3 Å². The lowest BCUT2D eigenvalue weighted by Crippen LogP contribution is -2.45. The Kier molecular flexibility index (Phi) is 3.95. The van der Waals surface area contributed by atoms with Crippen LogP contribution in [0.25, 0.3) is 10.9 Å². The number of hydrogen-bond acceptors (Lipinski definition) is 3. The van der Waals surface area contributed by atoms with Crippen LogP contribution >= 0.6 is 0 Å². The van der Waals surface area contributed by atoms with Gasteiger partial charge in [0.1, 0.15) is 0 Å². The lowest BCUT2D eigenvalue weighted by atomic mass is 9.64. The van der Waals surface area contributed by atoms with Gasteiger partial charge >= 0.3 is 0 Å². The first-order valence-electron chi connectivity index (χ1n) is 8.68. The largest absolute Gasteiger partial charge is 0.360 e. The number of nitrogens with one attached hydrogen (secondary N) is 2. The normalized spacial score (nSPS) is 15.4. The number of aromatic amines is 1. The molecule has 0 unspecified atom stereocenters. The minimum absolute atomic E-state index is 0.00493. The van der Waals surface area contributed by atoms with E-state index in [1.807, 2.05) is 18.2 Å². The highest BCUT2D eigenvalue weighted by molar-refractivity contribution is 6.07. The second-order valence-electron chi connectivity index (χ2n) is 6.87. The molecule has 1 heterocycles. The molecule has 1 aromatic heterocycles. The summed E-state index contributed by atoms with van der Waals surface area (Å²) in [6.07, 6.45) is 4.87. The highest BCUT2D eigenvalue weighted by Crippen LogP contribution is 2.43. The van der Waals surface area contributed by atoms with Gasteiger partial charge in [-0.1, -0.05) is 36.8 Å². The summed E-state index contributed by atoms with van der Waals surface area (Å²) in [5, 5.41) is 14.6. The minimum Gasteiger partial charge on any atom is -0.360 e. The number of rotatable bonds is 5. The van der Waals surface area contributed by atoms with Crippen LogP contribution in [0.2, 0.25) is 0 Å². The van der Waals surface area contributed by atoms with E-state index in [1.165, 1.54) is 17.7 Å². The van der Waals surface area contributed by atoms with E-state index in [2.05, 4.69) is 22.4 Å². The number of nitro groups is 1. The molecule has 0 radical (unpaired) electrons. The number of non-ortho nitro benzene ring substituents is 1. The average Bonchev–Trinajstić information content (AvgIpc) is 3.04. The van der Waals surface area contributed by atoms with Crippen LogP contribution < -0.4 is 5.32 Å². The summed E-state index contributed by atoms with van der Waals surface area (Å²) in [4.78, 5) is 26.3. The van der Waals surface area contributed by atoms with Crippen LogP contribution in [0.1, 0.15) is 35.2 Å². The Morgan fingerprint density at radius 3 is 2.62 bits per heavy atom. The summed E-state index contributed by atoms with van der Waals surface area (Å²) >= 11 is 0. The predicted octanol–water partition coefficient (Wildman–Crippen LogP) is 3.93. The van der Waals surface area contributed by atoms with Gasteiger partial charge in [0.05, 0.1) is 10.5 Å². The third kappa shape index (κ3) is 2.73. The maximum absolute atomic E-state index is 12.7. The van der Waals surface area contributed by atoms with Gasteiger partial charge in [-0.2, -0.15) is 0 Å². The number of H-pyrrole nitrogens is 1. The van der Waals surface area contributed by atoms with Crippen molar-refractivity contribution >= 4 is 22.5 Å². The van der Waals surface area contributed by atoms with Gasteiger partial charge in [-0.05, 0) is 24.5 Å². The zero-order valence-corrected chi connectivity index (χ0v) is 14.2. The molecule has 1 aliphatic rings. The summed E-state index contributed by atoms with van der Waals surface area (Å²) < 4.78 is 0. The number of fused-ring (bicyclic) bond motifs is 1. The second-order valence-corrected chi connectivity index (χ2v) is 6.87. The fourth-order valence-corrected chi connectivity index (χ4v) is 3.72. The molecule has 2 aromatic carbocycles. The molecule has 0 saturated heterocycles. The molecule has 6 nitrogen and oxygen atoms in total. The van der Waals surface area contributed by atoms with Crippen LogP contribution in [0.4, 0.5) is 5.69 Å². The van der Waals surface area contributed by atoms with E-state index in [4.69, 9.17) is 0 Å². The van der Waals surface area contributed by atoms with Crippen LogP contribution in [0.3, 0.4) is 0 Å². The lowest BCUT2D eigenvalue weighted by Gasteiger charge is -2.42. The van der Waals surface area contributed by atoms with Crippen molar-refractivity contribution in [2.75, 3.05) is 6.54 Å². The van der Waals surface area contributed by atoms with Crippen molar-refractivity contribution in [2.24, 2.45) is 0 Å². The number of nitro benzene ring substituents is 1. The summed E-state index contributed by atoms with van der Waals surface area (Å²) in [7, 11) is 0. The zero-order valence-electron chi connectivity index (χ0n) is 14.2. The molecule has 132 valence electrons. The molecule has 0 spiro atoms. The molecule has 6 heteroatoms. The molecule has 4 rings (SSSR count). The molecule has 26 heavy (non-hydrogen) atoms. The van der Waals surface area contributed by atoms with Crippen molar-refractivity contribution in [1.29, 1.82) is 0 Å². The average molecular weight is 349 g/mol. The molecule has 1 aliphatic carbocycles. The molecule has 3 aromatic rings. The first-order valence-corrected chi connectivity index (χ1v) is 8.68. The smallest absolute Gasteiger partial charge is 0.270 e. The van der Waals surface area contributed by atoms with Gasteiger partial charge in [-0.25, -0.2) is 0 Å². The van der Waals surface area contributed by atoms with E-state index in [1.54, 1.807) is 12.3 Å². The number of aromatic nitrogens is 1. The number of hydrogen-bond donors (Lipinski definition) is 2. The highest BCUT2D eigenvalue weighted by atomic mass is 16.6. The number of nitrogens with zero attached hydrogens (tertiary/aromatic N) is 1. The Labute approximate surface area is 150 Å². The third-order valence-corrected chi connectivity index (χ3v) is 5.40. The van der Waals surface area contributed by atoms with Gasteiger partial charge in [-0.15, -0.1) is 0 Å². The molecular formula is C20H19N3O3. The van der Waals surface area contributed by atoms with Gasteiger partial charge in [0.25, 0.3) is 11.6 Å². The van der Waals surface area contributed by atoms with E-state index in [-0.39, 0.29) is 17.0 Å². The van der Waals surface area contributed by atoms with Crippen LogP contribution in [0, 0.1) is 10.1 Å². The summed E-state index contributed by atoms with van der Waals surface area (Å²) in [6.45, 7) is 0.567. The van der Waals surface area contributed by atoms with E-state index in [0.717, 1.165) is 19.3 Å². The number of carbonyl (C=O) groups excluding carboxylic acids is 1. The van der Waals surface area contributed by atoms with Gasteiger partial charge in [0, 0.05) is 41.2 Å². The fraction of sp³-hybridized carbons (Fsp3) is 0.250. The maximum Gasteiger partial charge on any atom is 0.270 e. The monoisotopic (exact) mass is 349 g/mol. The van der Waals surface area contributed by atoms with Gasteiger partial charge < -0.3 is 10.3 Å². The lowest BCUT2D eigenvalue weighted by molar-refractivity contribution is -0.384. The molecule has 0 bridgehead atoms. The van der Waals surface area contributed by atoms with Crippen LogP contribution in [-0.2, 0) is 5.41 Å². The molecule has 0 atom stereocenters. The Morgan fingerprint density at radius 2 is 1.96 bits per heavy atom. The minimum atomic E-state index is -0.452. The van der Waals surface area contributed by atoms with Crippen molar-refractivity contribution in [3.8, 4) is 0 Å². The quantitative estimate of drug-likeness (QED) is 0.540. The van der Waals surface area contributed by atoms with Crippen molar-refractivity contribution < 1.29 is 9.72 Å². The number of benzene rings is 2. The van der Waals surface area contributed by atoms with Gasteiger partial charge in [0.2, 0.25) is 0 Å². The molecule has 1 fully saturated rings. The van der Waals surface area contributed by atoms with Crippen LogP contribution in [-0.4, -0.2) is 22.4 Å². The van der Waals surface area contributed by atoms with Gasteiger partial charge in [-0.3, -0.25) is 14.9 Å². The second kappa shape index (κ2) is 6.29.